The lowest BCUT2D eigenvalue weighted by molar-refractivity contribution is -0.274. The lowest BCUT2D eigenvalue weighted by atomic mass is 10.3. The van der Waals surface area contributed by atoms with E-state index in [9.17, 15) is 22.0 Å². The zero-order valence-corrected chi connectivity index (χ0v) is 8.02. The third-order valence-corrected chi connectivity index (χ3v) is 1.35. The molecule has 0 N–H and O–H groups in total. The molecular formula is C9H7F5O2. The monoisotopic (exact) mass is 242 g/mol. The van der Waals surface area contributed by atoms with E-state index in [4.69, 9.17) is 0 Å². The minimum atomic E-state index is -4.81. The molecule has 0 aliphatic heterocycles. The van der Waals surface area contributed by atoms with Gasteiger partial charge in [-0.15, -0.1) is 13.2 Å². The number of alkyl halides is 5. The lowest BCUT2D eigenvalue weighted by Crippen LogP contribution is -2.19. The summed E-state index contributed by atoms with van der Waals surface area (Å²) in [4.78, 5) is 0. The maximum Gasteiger partial charge on any atom is 0.573 e. The van der Waals surface area contributed by atoms with Gasteiger partial charge in [0.05, 0.1) is 0 Å². The first-order chi connectivity index (χ1) is 7.16. The quantitative estimate of drug-likeness (QED) is 0.754. The molecule has 16 heavy (non-hydrogen) atoms. The SMILES string of the molecule is CC(F)(F)Oc1ccc(OC(F)(F)F)cc1. The van der Waals surface area contributed by atoms with Gasteiger partial charge in [0.2, 0.25) is 0 Å². The van der Waals surface area contributed by atoms with Crippen molar-refractivity contribution in [2.75, 3.05) is 0 Å². The number of rotatable bonds is 3. The van der Waals surface area contributed by atoms with Crippen molar-refractivity contribution in [3.05, 3.63) is 24.3 Å². The number of hydrogen-bond donors (Lipinski definition) is 0. The van der Waals surface area contributed by atoms with E-state index in [1.807, 2.05) is 0 Å². The van der Waals surface area contributed by atoms with Gasteiger partial charge in [-0.1, -0.05) is 0 Å². The summed E-state index contributed by atoms with van der Waals surface area (Å²) in [5, 5.41) is 0. The molecule has 0 fully saturated rings. The molecular weight excluding hydrogens is 235 g/mol. The standard InChI is InChI=1S/C9H7F5O2/c1-8(10,11)15-6-2-4-7(5-3-6)16-9(12,13)14/h2-5H,1H3. The van der Waals surface area contributed by atoms with Crippen LogP contribution in [-0.2, 0) is 0 Å². The summed E-state index contributed by atoms with van der Waals surface area (Å²) in [5.74, 6) is -0.749. The van der Waals surface area contributed by atoms with Gasteiger partial charge in [0.25, 0.3) is 0 Å². The van der Waals surface area contributed by atoms with Crippen LogP contribution in [0.1, 0.15) is 6.92 Å². The highest BCUT2D eigenvalue weighted by molar-refractivity contribution is 5.31. The average molecular weight is 242 g/mol. The van der Waals surface area contributed by atoms with Crippen molar-refractivity contribution in [3.8, 4) is 11.5 Å². The Morgan fingerprint density at radius 2 is 1.19 bits per heavy atom. The highest BCUT2D eigenvalue weighted by atomic mass is 19.4. The molecule has 1 aromatic rings. The summed E-state index contributed by atoms with van der Waals surface area (Å²) < 4.78 is 67.6. The molecule has 2 nitrogen and oxygen atoms in total. The van der Waals surface area contributed by atoms with Gasteiger partial charge in [0, 0.05) is 6.92 Å². The van der Waals surface area contributed by atoms with Crippen molar-refractivity contribution >= 4 is 0 Å². The van der Waals surface area contributed by atoms with Gasteiger partial charge in [-0.3, -0.25) is 0 Å². The summed E-state index contributed by atoms with van der Waals surface area (Å²) in [7, 11) is 0. The first-order valence-electron chi connectivity index (χ1n) is 4.08. The van der Waals surface area contributed by atoms with Gasteiger partial charge in [0.1, 0.15) is 11.5 Å². The third kappa shape index (κ3) is 4.81. The van der Waals surface area contributed by atoms with Crippen molar-refractivity contribution in [2.45, 2.75) is 19.4 Å². The fourth-order valence-electron chi connectivity index (χ4n) is 0.916. The normalized spacial score (nSPS) is 12.4. The fourth-order valence-corrected chi connectivity index (χ4v) is 0.916. The highest BCUT2D eigenvalue weighted by Gasteiger charge is 2.31. The van der Waals surface area contributed by atoms with Crippen LogP contribution in [0.3, 0.4) is 0 Å². The van der Waals surface area contributed by atoms with Crippen LogP contribution in [-0.4, -0.2) is 12.5 Å². The van der Waals surface area contributed by atoms with Crippen LogP contribution in [0, 0.1) is 0 Å². The molecule has 1 rings (SSSR count). The smallest absolute Gasteiger partial charge is 0.433 e. The Kier molecular flexibility index (Phi) is 3.25. The summed E-state index contributed by atoms with van der Waals surface area (Å²) >= 11 is 0. The molecule has 0 atom stereocenters. The number of hydrogen-bond acceptors (Lipinski definition) is 2. The van der Waals surface area contributed by atoms with E-state index in [1.54, 1.807) is 0 Å². The maximum absolute atomic E-state index is 12.3. The van der Waals surface area contributed by atoms with E-state index in [0.717, 1.165) is 24.3 Å². The van der Waals surface area contributed by atoms with Crippen molar-refractivity contribution in [1.82, 2.24) is 0 Å². The lowest BCUT2D eigenvalue weighted by Gasteiger charge is -2.13. The van der Waals surface area contributed by atoms with Gasteiger partial charge in [-0.25, -0.2) is 0 Å². The number of benzene rings is 1. The number of halogens is 5. The van der Waals surface area contributed by atoms with Crippen LogP contribution >= 0.6 is 0 Å². The first-order valence-corrected chi connectivity index (χ1v) is 4.08. The molecule has 0 aromatic heterocycles. The molecule has 1 aromatic carbocycles. The predicted molar refractivity (Wildman–Crippen MR) is 44.4 cm³/mol. The molecule has 0 aliphatic carbocycles. The summed E-state index contributed by atoms with van der Waals surface area (Å²) in [5.41, 5.74) is 0. The Balaban J connectivity index is 2.69. The topological polar surface area (TPSA) is 18.5 Å². The van der Waals surface area contributed by atoms with E-state index in [2.05, 4.69) is 9.47 Å². The molecule has 7 heteroatoms. The van der Waals surface area contributed by atoms with E-state index >= 15 is 0 Å². The Labute approximate surface area is 87.6 Å². The highest BCUT2D eigenvalue weighted by Crippen LogP contribution is 2.26. The number of ether oxygens (including phenoxy) is 2. The zero-order chi connectivity index (χ0) is 12.4. The van der Waals surface area contributed by atoms with Gasteiger partial charge in [-0.2, -0.15) is 8.78 Å². The molecule has 0 aliphatic rings. The van der Waals surface area contributed by atoms with Crippen LogP contribution in [0.15, 0.2) is 24.3 Å². The van der Waals surface area contributed by atoms with Gasteiger partial charge in [0.15, 0.2) is 0 Å². The molecule has 0 saturated carbocycles. The van der Waals surface area contributed by atoms with Crippen molar-refractivity contribution in [3.63, 3.8) is 0 Å². The minimum Gasteiger partial charge on any atom is -0.433 e. The van der Waals surface area contributed by atoms with Crippen molar-refractivity contribution in [2.24, 2.45) is 0 Å². The second kappa shape index (κ2) is 4.15. The van der Waals surface area contributed by atoms with E-state index in [0.29, 0.717) is 6.92 Å². The molecule has 0 amide bonds. The minimum absolute atomic E-state index is 0.248. The van der Waals surface area contributed by atoms with E-state index in [1.165, 1.54) is 0 Å². The molecule has 90 valence electrons. The van der Waals surface area contributed by atoms with Crippen LogP contribution in [0.5, 0.6) is 11.5 Å². The Bertz CT molecular complexity index is 303. The Morgan fingerprint density at radius 3 is 1.50 bits per heavy atom. The molecule has 0 heterocycles. The average Bonchev–Trinajstić information content (AvgIpc) is 2.03. The molecule has 0 saturated heterocycles. The molecule has 0 unspecified atom stereocenters. The molecule has 0 radical (unpaired) electrons. The summed E-state index contributed by atoms with van der Waals surface area (Å²) in [6.07, 6.45) is -8.19. The third-order valence-electron chi connectivity index (χ3n) is 1.35. The molecule has 0 spiro atoms. The van der Waals surface area contributed by atoms with Crippen LogP contribution in [0.25, 0.3) is 0 Å². The van der Waals surface area contributed by atoms with Crippen molar-refractivity contribution < 1.29 is 31.4 Å². The largest absolute Gasteiger partial charge is 0.573 e. The second-order valence-corrected chi connectivity index (χ2v) is 2.93. The van der Waals surface area contributed by atoms with Gasteiger partial charge >= 0.3 is 12.5 Å². The predicted octanol–water partition coefficient (Wildman–Crippen LogP) is 3.58. The zero-order valence-electron chi connectivity index (χ0n) is 8.02. The molecule has 0 bridgehead atoms. The summed E-state index contributed by atoms with van der Waals surface area (Å²) in [6, 6.07) is 3.68. The van der Waals surface area contributed by atoms with Crippen LogP contribution in [0.4, 0.5) is 22.0 Å². The van der Waals surface area contributed by atoms with E-state index < -0.39 is 18.2 Å². The summed E-state index contributed by atoms with van der Waals surface area (Å²) in [6.45, 7) is 0.521. The second-order valence-electron chi connectivity index (χ2n) is 2.93. The van der Waals surface area contributed by atoms with Gasteiger partial charge < -0.3 is 9.47 Å². The first kappa shape index (κ1) is 12.5. The maximum atomic E-state index is 12.3. The van der Waals surface area contributed by atoms with Crippen LogP contribution < -0.4 is 9.47 Å². The van der Waals surface area contributed by atoms with E-state index in [-0.39, 0.29) is 5.75 Å². The Hall–Kier alpha value is -1.53. The van der Waals surface area contributed by atoms with Crippen LogP contribution in [0.2, 0.25) is 0 Å². The van der Waals surface area contributed by atoms with Crippen molar-refractivity contribution in [1.29, 1.82) is 0 Å². The fraction of sp³-hybridized carbons (Fsp3) is 0.333. The van der Waals surface area contributed by atoms with Gasteiger partial charge in [-0.05, 0) is 24.3 Å². The Morgan fingerprint density at radius 1 is 0.812 bits per heavy atom.